The van der Waals surface area contributed by atoms with E-state index in [9.17, 15) is 5.26 Å². The molecule has 0 radical (unpaired) electrons. The van der Waals surface area contributed by atoms with Crippen LogP contribution in [0.25, 0.3) is 16.8 Å². The summed E-state index contributed by atoms with van der Waals surface area (Å²) in [4.78, 5) is 0. The first-order valence-corrected chi connectivity index (χ1v) is 7.07. The Morgan fingerprint density at radius 2 is 1.62 bits per heavy atom. The molecule has 21 heavy (non-hydrogen) atoms. The SMILES string of the molecule is N#Cc1c(C2C=Cc3ccccc32)ccc2ccccc12. The Morgan fingerprint density at radius 1 is 0.810 bits per heavy atom. The van der Waals surface area contributed by atoms with E-state index in [0.717, 1.165) is 21.9 Å². The standard InChI is InChI=1S/C20H13N/c21-13-20-17-8-4-2-6-15(17)10-12-19(20)18-11-9-14-5-1-3-7-16(14)18/h1-12,18H. The molecule has 0 bridgehead atoms. The van der Waals surface area contributed by atoms with Crippen molar-refractivity contribution in [3.8, 4) is 6.07 Å². The highest BCUT2D eigenvalue weighted by Crippen LogP contribution is 2.38. The molecule has 1 unspecified atom stereocenters. The first kappa shape index (κ1) is 11.9. The molecule has 1 aliphatic rings. The van der Waals surface area contributed by atoms with Gasteiger partial charge in [-0.3, -0.25) is 0 Å². The van der Waals surface area contributed by atoms with Gasteiger partial charge in [-0.2, -0.15) is 5.26 Å². The first-order chi connectivity index (χ1) is 10.4. The summed E-state index contributed by atoms with van der Waals surface area (Å²) >= 11 is 0. The van der Waals surface area contributed by atoms with E-state index >= 15 is 0 Å². The van der Waals surface area contributed by atoms with Gasteiger partial charge in [-0.1, -0.05) is 72.8 Å². The van der Waals surface area contributed by atoms with Crippen LogP contribution in [0.1, 0.15) is 28.2 Å². The summed E-state index contributed by atoms with van der Waals surface area (Å²) in [5.74, 6) is 0.181. The van der Waals surface area contributed by atoms with Crippen LogP contribution < -0.4 is 0 Å². The lowest BCUT2D eigenvalue weighted by Gasteiger charge is -2.14. The molecule has 0 saturated carbocycles. The molecule has 1 aliphatic carbocycles. The zero-order valence-electron chi connectivity index (χ0n) is 11.5. The van der Waals surface area contributed by atoms with Crippen LogP contribution in [0, 0.1) is 11.3 Å². The first-order valence-electron chi connectivity index (χ1n) is 7.07. The molecule has 0 aromatic heterocycles. The highest BCUT2D eigenvalue weighted by molar-refractivity contribution is 5.89. The van der Waals surface area contributed by atoms with Crippen molar-refractivity contribution in [3.63, 3.8) is 0 Å². The summed E-state index contributed by atoms with van der Waals surface area (Å²) in [6.07, 6.45) is 4.34. The van der Waals surface area contributed by atoms with Crippen LogP contribution in [0.4, 0.5) is 0 Å². The van der Waals surface area contributed by atoms with Gasteiger partial charge in [-0.15, -0.1) is 0 Å². The van der Waals surface area contributed by atoms with Crippen LogP contribution in [-0.4, -0.2) is 0 Å². The Hall–Kier alpha value is -2.85. The summed E-state index contributed by atoms with van der Waals surface area (Å²) in [6.45, 7) is 0. The Balaban J connectivity index is 1.97. The summed E-state index contributed by atoms with van der Waals surface area (Å²) in [6, 6.07) is 23.1. The third kappa shape index (κ3) is 1.77. The number of hydrogen-bond donors (Lipinski definition) is 0. The molecule has 0 fully saturated rings. The van der Waals surface area contributed by atoms with Crippen LogP contribution >= 0.6 is 0 Å². The number of benzene rings is 3. The maximum atomic E-state index is 9.65. The minimum atomic E-state index is 0.181. The number of allylic oxidation sites excluding steroid dienone is 1. The fourth-order valence-corrected chi connectivity index (χ4v) is 3.19. The van der Waals surface area contributed by atoms with E-state index in [4.69, 9.17) is 0 Å². The second-order valence-electron chi connectivity index (χ2n) is 5.33. The van der Waals surface area contributed by atoms with Crippen molar-refractivity contribution in [2.75, 3.05) is 0 Å². The Labute approximate surface area is 123 Å². The molecule has 0 aliphatic heterocycles. The lowest BCUT2D eigenvalue weighted by atomic mass is 9.87. The zero-order valence-corrected chi connectivity index (χ0v) is 11.5. The summed E-state index contributed by atoms with van der Waals surface area (Å²) in [7, 11) is 0. The normalized spacial score (nSPS) is 15.9. The van der Waals surface area contributed by atoms with E-state index < -0.39 is 0 Å². The molecule has 1 atom stereocenters. The highest BCUT2D eigenvalue weighted by Gasteiger charge is 2.22. The van der Waals surface area contributed by atoms with E-state index in [0.29, 0.717) is 0 Å². The Kier molecular flexibility index (Phi) is 2.62. The van der Waals surface area contributed by atoms with E-state index in [1.807, 2.05) is 18.2 Å². The van der Waals surface area contributed by atoms with Gasteiger partial charge >= 0.3 is 0 Å². The predicted molar refractivity (Wildman–Crippen MR) is 86.0 cm³/mol. The molecule has 0 amide bonds. The monoisotopic (exact) mass is 267 g/mol. The van der Waals surface area contributed by atoms with Crippen molar-refractivity contribution in [2.45, 2.75) is 5.92 Å². The van der Waals surface area contributed by atoms with Crippen molar-refractivity contribution in [2.24, 2.45) is 0 Å². The number of rotatable bonds is 1. The molecule has 1 heteroatoms. The van der Waals surface area contributed by atoms with Gasteiger partial charge in [0, 0.05) is 5.92 Å². The topological polar surface area (TPSA) is 23.8 Å². The van der Waals surface area contributed by atoms with Crippen LogP contribution in [0.2, 0.25) is 0 Å². The van der Waals surface area contributed by atoms with E-state index in [-0.39, 0.29) is 5.92 Å². The minimum Gasteiger partial charge on any atom is -0.192 e. The molecule has 3 aromatic carbocycles. The van der Waals surface area contributed by atoms with Crippen molar-refractivity contribution in [1.29, 1.82) is 5.26 Å². The van der Waals surface area contributed by atoms with Crippen molar-refractivity contribution >= 4 is 16.8 Å². The zero-order chi connectivity index (χ0) is 14.2. The lowest BCUT2D eigenvalue weighted by molar-refractivity contribution is 1.05. The maximum Gasteiger partial charge on any atom is 0.100 e. The van der Waals surface area contributed by atoms with Gasteiger partial charge in [0.25, 0.3) is 0 Å². The largest absolute Gasteiger partial charge is 0.192 e. The quantitative estimate of drug-likeness (QED) is 0.617. The smallest absolute Gasteiger partial charge is 0.100 e. The summed E-state index contributed by atoms with van der Waals surface area (Å²) in [5.41, 5.74) is 4.42. The molecule has 3 aromatic rings. The summed E-state index contributed by atoms with van der Waals surface area (Å²) < 4.78 is 0. The maximum absolute atomic E-state index is 9.65. The number of hydrogen-bond acceptors (Lipinski definition) is 1. The Bertz CT molecular complexity index is 913. The number of fused-ring (bicyclic) bond motifs is 2. The van der Waals surface area contributed by atoms with Gasteiger partial charge in [-0.25, -0.2) is 0 Å². The van der Waals surface area contributed by atoms with Gasteiger partial charge in [0.1, 0.15) is 6.07 Å². The molecular formula is C20H13N. The van der Waals surface area contributed by atoms with Crippen molar-refractivity contribution < 1.29 is 0 Å². The summed E-state index contributed by atoms with van der Waals surface area (Å²) in [5, 5.41) is 11.8. The van der Waals surface area contributed by atoms with Gasteiger partial charge in [0.15, 0.2) is 0 Å². The average molecular weight is 267 g/mol. The third-order valence-electron chi connectivity index (χ3n) is 4.21. The molecule has 0 heterocycles. The molecule has 0 N–H and O–H groups in total. The van der Waals surface area contributed by atoms with E-state index in [2.05, 4.69) is 60.7 Å². The second-order valence-corrected chi connectivity index (χ2v) is 5.33. The van der Waals surface area contributed by atoms with Gasteiger partial charge < -0.3 is 0 Å². The molecule has 4 rings (SSSR count). The van der Waals surface area contributed by atoms with E-state index in [1.54, 1.807) is 0 Å². The molecule has 0 saturated heterocycles. The van der Waals surface area contributed by atoms with Crippen LogP contribution in [-0.2, 0) is 0 Å². The van der Waals surface area contributed by atoms with E-state index in [1.165, 1.54) is 11.1 Å². The highest BCUT2D eigenvalue weighted by atomic mass is 14.3. The van der Waals surface area contributed by atoms with Crippen molar-refractivity contribution in [1.82, 2.24) is 0 Å². The molecule has 98 valence electrons. The average Bonchev–Trinajstić information content (AvgIpc) is 2.97. The third-order valence-corrected chi connectivity index (χ3v) is 4.21. The minimum absolute atomic E-state index is 0.181. The van der Waals surface area contributed by atoms with Crippen molar-refractivity contribution in [3.05, 3.63) is 89.0 Å². The van der Waals surface area contributed by atoms with Crippen LogP contribution in [0.5, 0.6) is 0 Å². The van der Waals surface area contributed by atoms with Gasteiger partial charge in [0.05, 0.1) is 5.56 Å². The predicted octanol–water partition coefficient (Wildman–Crippen LogP) is 4.87. The van der Waals surface area contributed by atoms with Crippen LogP contribution in [0.15, 0.2) is 66.7 Å². The van der Waals surface area contributed by atoms with Gasteiger partial charge in [-0.05, 0) is 27.5 Å². The molecule has 1 nitrogen and oxygen atoms in total. The number of nitriles is 1. The lowest BCUT2D eigenvalue weighted by Crippen LogP contribution is -1.99. The fraction of sp³-hybridized carbons (Fsp3) is 0.0500. The Morgan fingerprint density at radius 3 is 2.52 bits per heavy atom. The van der Waals surface area contributed by atoms with Crippen LogP contribution in [0.3, 0.4) is 0 Å². The van der Waals surface area contributed by atoms with Gasteiger partial charge in [0.2, 0.25) is 0 Å². The number of nitrogens with zero attached hydrogens (tertiary/aromatic N) is 1. The fourth-order valence-electron chi connectivity index (χ4n) is 3.19. The second kappa shape index (κ2) is 4.61. The molecular weight excluding hydrogens is 254 g/mol. The molecule has 0 spiro atoms.